The zero-order valence-corrected chi connectivity index (χ0v) is 16.4. The Kier molecular flexibility index (Phi) is 7.78. The molecule has 1 amide bonds. The molecule has 4 N–H and O–H groups in total. The molecular weight excluding hydrogens is 361 g/mol. The van der Waals surface area contributed by atoms with E-state index in [9.17, 15) is 9.18 Å². The molecule has 28 heavy (non-hydrogen) atoms. The summed E-state index contributed by atoms with van der Waals surface area (Å²) in [4.78, 5) is 13.2. The highest BCUT2D eigenvalue weighted by Gasteiger charge is 2.32. The molecule has 6 nitrogen and oxygen atoms in total. The molecule has 152 valence electrons. The molecule has 0 aliphatic carbocycles. The van der Waals surface area contributed by atoms with Crippen LogP contribution in [0.25, 0.3) is 0 Å². The number of amides is 1. The van der Waals surface area contributed by atoms with Gasteiger partial charge < -0.3 is 25.8 Å². The summed E-state index contributed by atoms with van der Waals surface area (Å²) in [6, 6.07) is 4.97. The number of methoxy groups -OCH3 is 1. The summed E-state index contributed by atoms with van der Waals surface area (Å²) >= 11 is 0. The first kappa shape index (κ1) is 21.7. The number of ether oxygens (including phenoxy) is 2. The third-order valence-electron chi connectivity index (χ3n) is 4.37. The number of halogens is 1. The molecular formula is C21H28FN3O3. The van der Waals surface area contributed by atoms with E-state index >= 15 is 0 Å². The fraction of sp³-hybridized carbons (Fsp3) is 0.381. The molecule has 1 aliphatic heterocycles. The zero-order chi connectivity index (χ0) is 20.6. The van der Waals surface area contributed by atoms with Crippen molar-refractivity contribution < 1.29 is 18.7 Å². The van der Waals surface area contributed by atoms with E-state index in [1.165, 1.54) is 13.3 Å². The summed E-state index contributed by atoms with van der Waals surface area (Å²) in [6.07, 6.45) is 10.4. The Labute approximate surface area is 165 Å². The maximum absolute atomic E-state index is 14.9. The minimum atomic E-state index is -1.03. The molecule has 1 aliphatic rings. The van der Waals surface area contributed by atoms with Crippen molar-refractivity contribution >= 4 is 5.91 Å². The summed E-state index contributed by atoms with van der Waals surface area (Å²) < 4.78 is 25.7. The second kappa shape index (κ2) is 10.1. The van der Waals surface area contributed by atoms with Gasteiger partial charge in [-0.2, -0.15) is 0 Å². The highest BCUT2D eigenvalue weighted by atomic mass is 19.1. The number of rotatable bonds is 10. The van der Waals surface area contributed by atoms with Crippen LogP contribution in [-0.2, 0) is 16.1 Å². The Bertz CT molecular complexity index is 776. The Morgan fingerprint density at radius 2 is 2.14 bits per heavy atom. The Balaban J connectivity index is 2.19. The van der Waals surface area contributed by atoms with Gasteiger partial charge in [0.2, 0.25) is 5.91 Å². The third-order valence-corrected chi connectivity index (χ3v) is 4.37. The first-order valence-corrected chi connectivity index (χ1v) is 9.22. The van der Waals surface area contributed by atoms with Gasteiger partial charge in [0.15, 0.2) is 11.6 Å². The van der Waals surface area contributed by atoms with Crippen molar-refractivity contribution in [1.29, 1.82) is 0 Å². The highest BCUT2D eigenvalue weighted by molar-refractivity contribution is 5.95. The standard InChI is InChI=1S/C21H28FN3O3/c1-3-4-5-6-12-28-18-9-7-8-16(19(18)22)13-25-14-17(20(23)26)10-11-21(25,24)15-27-2/h4-5,7-11,14H,3,6,12-13,15,24H2,1-2H3,(H2,23,26). The molecule has 0 fully saturated rings. The normalized spacial score (nSPS) is 19.1. The molecule has 1 aromatic rings. The average Bonchev–Trinajstić information content (AvgIpc) is 2.66. The van der Waals surface area contributed by atoms with E-state index in [1.807, 2.05) is 12.2 Å². The van der Waals surface area contributed by atoms with E-state index in [0.717, 1.165) is 6.42 Å². The molecule has 0 spiro atoms. The lowest BCUT2D eigenvalue weighted by molar-refractivity contribution is -0.114. The van der Waals surface area contributed by atoms with Crippen molar-refractivity contribution in [2.24, 2.45) is 11.5 Å². The van der Waals surface area contributed by atoms with Crippen LogP contribution >= 0.6 is 0 Å². The van der Waals surface area contributed by atoms with Gasteiger partial charge in [0.05, 0.1) is 18.8 Å². The number of hydrogen-bond acceptors (Lipinski definition) is 5. The minimum absolute atomic E-state index is 0.125. The van der Waals surface area contributed by atoms with Crippen LogP contribution < -0.4 is 16.2 Å². The second-order valence-corrected chi connectivity index (χ2v) is 6.58. The van der Waals surface area contributed by atoms with Crippen LogP contribution in [0.5, 0.6) is 5.75 Å². The van der Waals surface area contributed by atoms with E-state index < -0.39 is 17.4 Å². The predicted molar refractivity (Wildman–Crippen MR) is 107 cm³/mol. The van der Waals surface area contributed by atoms with Crippen LogP contribution in [0.4, 0.5) is 4.39 Å². The monoisotopic (exact) mass is 389 g/mol. The molecule has 1 heterocycles. The molecule has 0 radical (unpaired) electrons. The van der Waals surface area contributed by atoms with Crippen LogP contribution in [0.2, 0.25) is 0 Å². The first-order valence-electron chi connectivity index (χ1n) is 9.22. The van der Waals surface area contributed by atoms with Crippen molar-refractivity contribution in [1.82, 2.24) is 4.90 Å². The number of allylic oxidation sites excluding steroid dienone is 1. The van der Waals surface area contributed by atoms with Gasteiger partial charge >= 0.3 is 0 Å². The summed E-state index contributed by atoms with van der Waals surface area (Å²) in [5, 5.41) is 0. The maximum Gasteiger partial charge on any atom is 0.250 e. The molecule has 0 saturated carbocycles. The largest absolute Gasteiger partial charge is 0.490 e. The number of carbonyl (C=O) groups excluding carboxylic acids is 1. The van der Waals surface area contributed by atoms with Crippen LogP contribution in [-0.4, -0.2) is 36.8 Å². The fourth-order valence-corrected chi connectivity index (χ4v) is 2.86. The first-order chi connectivity index (χ1) is 13.4. The minimum Gasteiger partial charge on any atom is -0.490 e. The number of primary amides is 1. The van der Waals surface area contributed by atoms with Gasteiger partial charge in [-0.25, -0.2) is 4.39 Å². The van der Waals surface area contributed by atoms with Crippen LogP contribution in [0.1, 0.15) is 25.3 Å². The van der Waals surface area contributed by atoms with Gasteiger partial charge in [-0.1, -0.05) is 31.2 Å². The molecule has 0 aromatic heterocycles. The van der Waals surface area contributed by atoms with Gasteiger partial charge in [-0.05, 0) is 31.1 Å². The van der Waals surface area contributed by atoms with E-state index in [1.54, 1.807) is 35.3 Å². The van der Waals surface area contributed by atoms with Crippen LogP contribution in [0.3, 0.4) is 0 Å². The Morgan fingerprint density at radius 1 is 1.36 bits per heavy atom. The Morgan fingerprint density at radius 3 is 2.82 bits per heavy atom. The zero-order valence-electron chi connectivity index (χ0n) is 16.4. The lowest BCUT2D eigenvalue weighted by Gasteiger charge is -2.40. The fourth-order valence-electron chi connectivity index (χ4n) is 2.86. The predicted octanol–water partition coefficient (Wildman–Crippen LogP) is 2.60. The van der Waals surface area contributed by atoms with Crippen molar-refractivity contribution in [3.05, 3.63) is 65.7 Å². The number of hydrogen-bond donors (Lipinski definition) is 2. The number of carbonyl (C=O) groups is 1. The lowest BCUT2D eigenvalue weighted by Crippen LogP contribution is -2.56. The number of nitrogens with zero attached hydrogens (tertiary/aromatic N) is 1. The van der Waals surface area contributed by atoms with E-state index in [-0.39, 0.29) is 24.5 Å². The molecule has 7 heteroatoms. The smallest absolute Gasteiger partial charge is 0.250 e. The van der Waals surface area contributed by atoms with Gasteiger partial charge in [0.25, 0.3) is 0 Å². The van der Waals surface area contributed by atoms with Gasteiger partial charge in [-0.3, -0.25) is 4.79 Å². The number of benzene rings is 1. The summed E-state index contributed by atoms with van der Waals surface area (Å²) in [6.45, 7) is 2.72. The van der Waals surface area contributed by atoms with Crippen molar-refractivity contribution in [3.63, 3.8) is 0 Å². The quantitative estimate of drug-likeness (QED) is 0.474. The van der Waals surface area contributed by atoms with Gasteiger partial charge in [0.1, 0.15) is 5.66 Å². The lowest BCUT2D eigenvalue weighted by atomic mass is 10.0. The van der Waals surface area contributed by atoms with E-state index in [2.05, 4.69) is 6.92 Å². The molecule has 2 rings (SSSR count). The van der Waals surface area contributed by atoms with E-state index in [0.29, 0.717) is 18.6 Å². The van der Waals surface area contributed by atoms with Gasteiger partial charge in [-0.15, -0.1) is 0 Å². The molecule has 1 unspecified atom stereocenters. The van der Waals surface area contributed by atoms with Crippen LogP contribution in [0, 0.1) is 5.82 Å². The second-order valence-electron chi connectivity index (χ2n) is 6.58. The van der Waals surface area contributed by atoms with E-state index in [4.69, 9.17) is 20.9 Å². The summed E-state index contributed by atoms with van der Waals surface area (Å²) in [7, 11) is 1.52. The highest BCUT2D eigenvalue weighted by Crippen LogP contribution is 2.27. The maximum atomic E-state index is 14.9. The average molecular weight is 389 g/mol. The molecule has 1 atom stereocenters. The number of nitrogens with two attached hydrogens (primary N) is 2. The van der Waals surface area contributed by atoms with Crippen molar-refractivity contribution in [2.45, 2.75) is 32.0 Å². The SMILES string of the molecule is CCC=CCCOc1cccc(CN2C=C(C(N)=O)C=CC2(N)COC)c1F. The third kappa shape index (κ3) is 5.43. The Hall–Kier alpha value is -2.64. The molecule has 0 saturated heterocycles. The van der Waals surface area contributed by atoms with Gasteiger partial charge in [0, 0.05) is 25.4 Å². The molecule has 1 aromatic carbocycles. The molecule has 0 bridgehead atoms. The van der Waals surface area contributed by atoms with Crippen LogP contribution in [0.15, 0.2) is 54.3 Å². The summed E-state index contributed by atoms with van der Waals surface area (Å²) in [5.74, 6) is -0.854. The topological polar surface area (TPSA) is 90.8 Å². The van der Waals surface area contributed by atoms with Crippen molar-refractivity contribution in [3.8, 4) is 5.75 Å². The van der Waals surface area contributed by atoms with Crippen molar-refractivity contribution in [2.75, 3.05) is 20.3 Å². The summed E-state index contributed by atoms with van der Waals surface area (Å²) in [5.41, 5.74) is 11.4.